The topological polar surface area (TPSA) is 91.9 Å². The summed E-state index contributed by atoms with van der Waals surface area (Å²) in [5, 5.41) is 8.90. The molecule has 148 valence electrons. The fourth-order valence-electron chi connectivity index (χ4n) is 4.58. The van der Waals surface area contributed by atoms with Gasteiger partial charge in [0.1, 0.15) is 11.8 Å². The Kier molecular flexibility index (Phi) is 4.40. The van der Waals surface area contributed by atoms with E-state index in [1.54, 1.807) is 24.4 Å². The van der Waals surface area contributed by atoms with Crippen molar-refractivity contribution in [1.82, 2.24) is 19.4 Å². The van der Waals surface area contributed by atoms with Crippen LogP contribution in [0.1, 0.15) is 34.1 Å². The van der Waals surface area contributed by atoms with Gasteiger partial charge in [0.2, 0.25) is 0 Å². The first-order valence-electron chi connectivity index (χ1n) is 9.94. The van der Waals surface area contributed by atoms with Gasteiger partial charge in [-0.15, -0.1) is 0 Å². The van der Waals surface area contributed by atoms with Crippen molar-refractivity contribution in [2.24, 2.45) is 5.92 Å². The van der Waals surface area contributed by atoms with E-state index in [9.17, 15) is 9.59 Å². The Labute approximate surface area is 173 Å². The number of nitriles is 1. The molecule has 5 heterocycles. The van der Waals surface area contributed by atoms with Gasteiger partial charge in [0.25, 0.3) is 11.5 Å². The summed E-state index contributed by atoms with van der Waals surface area (Å²) >= 11 is 0. The zero-order valence-corrected chi connectivity index (χ0v) is 16.2. The Morgan fingerprint density at radius 1 is 1.10 bits per heavy atom. The van der Waals surface area contributed by atoms with Crippen LogP contribution in [0.4, 0.5) is 0 Å². The summed E-state index contributed by atoms with van der Waals surface area (Å²) in [6.07, 6.45) is 4.14. The lowest BCUT2D eigenvalue weighted by Crippen LogP contribution is -2.49. The number of hydrogen-bond acceptors (Lipinski definition) is 5. The minimum Gasteiger partial charge on any atom is -0.338 e. The highest BCUT2D eigenvalue weighted by atomic mass is 16.2. The molecule has 0 spiro atoms. The standard InChI is InChI=1S/C23H19N5O2/c24-10-19-5-4-16(11-26-19)23(30)27-12-15-7-18(14-27)21-8-17(9-22(29)28(21)13-15)20-3-1-2-6-25-20/h1-6,8-9,11,15,18H,7,12-14H2/t15-,18+/m0/s1. The molecule has 30 heavy (non-hydrogen) atoms. The smallest absolute Gasteiger partial charge is 0.255 e. The third kappa shape index (κ3) is 3.16. The molecule has 1 saturated heterocycles. The van der Waals surface area contributed by atoms with Gasteiger partial charge in [0.15, 0.2) is 0 Å². The van der Waals surface area contributed by atoms with E-state index in [4.69, 9.17) is 5.26 Å². The molecule has 0 saturated carbocycles. The van der Waals surface area contributed by atoms with E-state index in [-0.39, 0.29) is 29.0 Å². The number of rotatable bonds is 2. The predicted octanol–water partition coefficient (Wildman–Crippen LogP) is 2.44. The first-order valence-corrected chi connectivity index (χ1v) is 9.94. The molecule has 0 aromatic carbocycles. The number of carbonyl (C=O) groups excluding carboxylic acids is 1. The largest absolute Gasteiger partial charge is 0.338 e. The van der Waals surface area contributed by atoms with Crippen molar-refractivity contribution in [2.75, 3.05) is 13.1 Å². The van der Waals surface area contributed by atoms with Crippen molar-refractivity contribution in [3.63, 3.8) is 0 Å². The van der Waals surface area contributed by atoms with Gasteiger partial charge in [-0.2, -0.15) is 5.26 Å². The molecule has 2 atom stereocenters. The van der Waals surface area contributed by atoms with E-state index in [1.165, 1.54) is 6.20 Å². The Morgan fingerprint density at radius 3 is 2.73 bits per heavy atom. The monoisotopic (exact) mass is 397 g/mol. The quantitative estimate of drug-likeness (QED) is 0.662. The third-order valence-corrected chi connectivity index (χ3v) is 5.93. The third-order valence-electron chi connectivity index (χ3n) is 5.93. The molecule has 2 bridgehead atoms. The highest BCUT2D eigenvalue weighted by Gasteiger charge is 2.37. The van der Waals surface area contributed by atoms with Crippen LogP contribution < -0.4 is 5.56 Å². The summed E-state index contributed by atoms with van der Waals surface area (Å²) in [5.74, 6) is 0.257. The van der Waals surface area contributed by atoms with E-state index in [1.807, 2.05) is 39.8 Å². The van der Waals surface area contributed by atoms with Crippen LogP contribution in [0.25, 0.3) is 11.3 Å². The van der Waals surface area contributed by atoms with Crippen LogP contribution in [0.3, 0.4) is 0 Å². The second-order valence-corrected chi connectivity index (χ2v) is 7.89. The van der Waals surface area contributed by atoms with Crippen LogP contribution in [-0.2, 0) is 6.54 Å². The minimum absolute atomic E-state index is 0.0149. The summed E-state index contributed by atoms with van der Waals surface area (Å²) in [6.45, 7) is 1.78. The lowest BCUT2D eigenvalue weighted by Gasteiger charge is -2.43. The number of pyridine rings is 3. The van der Waals surface area contributed by atoms with E-state index in [0.29, 0.717) is 25.2 Å². The van der Waals surface area contributed by atoms with Crippen LogP contribution in [0.5, 0.6) is 0 Å². The van der Waals surface area contributed by atoms with E-state index in [2.05, 4.69) is 9.97 Å². The molecular weight excluding hydrogens is 378 g/mol. The minimum atomic E-state index is -0.0848. The molecule has 2 aliphatic heterocycles. The van der Waals surface area contributed by atoms with Crippen LogP contribution in [0, 0.1) is 17.2 Å². The summed E-state index contributed by atoms with van der Waals surface area (Å²) < 4.78 is 1.86. The average Bonchev–Trinajstić information content (AvgIpc) is 2.79. The van der Waals surface area contributed by atoms with Crippen LogP contribution in [0.2, 0.25) is 0 Å². The van der Waals surface area contributed by atoms with Gasteiger partial charge in [-0.3, -0.25) is 14.6 Å². The van der Waals surface area contributed by atoms with E-state index >= 15 is 0 Å². The zero-order valence-electron chi connectivity index (χ0n) is 16.2. The number of piperidine rings is 1. The summed E-state index contributed by atoms with van der Waals surface area (Å²) in [5.41, 5.74) is 3.30. The number of hydrogen-bond donors (Lipinski definition) is 0. The first kappa shape index (κ1) is 18.3. The van der Waals surface area contributed by atoms with Crippen molar-refractivity contribution in [1.29, 1.82) is 5.26 Å². The molecule has 5 rings (SSSR count). The Hall–Kier alpha value is -3.79. The van der Waals surface area contributed by atoms with E-state index < -0.39 is 0 Å². The van der Waals surface area contributed by atoms with Gasteiger partial charge in [-0.25, -0.2) is 4.98 Å². The summed E-state index contributed by atoms with van der Waals surface area (Å²) in [4.78, 5) is 36.1. The number of fused-ring (bicyclic) bond motifs is 4. The number of aromatic nitrogens is 3. The molecule has 0 unspecified atom stereocenters. The van der Waals surface area contributed by atoms with Gasteiger partial charge in [0, 0.05) is 55.3 Å². The van der Waals surface area contributed by atoms with Crippen LogP contribution in [0.15, 0.2) is 59.7 Å². The zero-order chi connectivity index (χ0) is 20.7. The maximum atomic E-state index is 13.0. The molecule has 1 amide bonds. The maximum Gasteiger partial charge on any atom is 0.255 e. The van der Waals surface area contributed by atoms with Crippen molar-refractivity contribution in [3.05, 3.63) is 82.2 Å². The average molecular weight is 397 g/mol. The highest BCUT2D eigenvalue weighted by Crippen LogP contribution is 2.36. The van der Waals surface area contributed by atoms with Crippen LogP contribution >= 0.6 is 0 Å². The number of nitrogens with zero attached hydrogens (tertiary/aromatic N) is 5. The van der Waals surface area contributed by atoms with Crippen LogP contribution in [-0.4, -0.2) is 38.4 Å². The Balaban J connectivity index is 1.46. The van der Waals surface area contributed by atoms with Gasteiger partial charge in [-0.05, 0) is 42.7 Å². The van der Waals surface area contributed by atoms with E-state index in [0.717, 1.165) is 23.4 Å². The van der Waals surface area contributed by atoms with Crippen molar-refractivity contribution < 1.29 is 4.79 Å². The van der Waals surface area contributed by atoms with Crippen molar-refractivity contribution >= 4 is 5.91 Å². The summed E-state index contributed by atoms with van der Waals surface area (Å²) in [7, 11) is 0. The second kappa shape index (κ2) is 7.23. The van der Waals surface area contributed by atoms with Crippen molar-refractivity contribution in [2.45, 2.75) is 18.9 Å². The number of carbonyl (C=O) groups is 1. The van der Waals surface area contributed by atoms with Gasteiger partial charge in [-0.1, -0.05) is 6.07 Å². The fourth-order valence-corrected chi connectivity index (χ4v) is 4.58. The molecule has 3 aromatic rings. The normalized spacial score (nSPS) is 19.6. The molecule has 2 aliphatic rings. The SMILES string of the molecule is N#Cc1ccc(C(=O)N2C[C@@H]3C[C@H](C2)c2cc(-c4ccccn4)cc(=O)n2C3)cn1. The van der Waals surface area contributed by atoms with Crippen molar-refractivity contribution in [3.8, 4) is 17.3 Å². The maximum absolute atomic E-state index is 13.0. The second-order valence-electron chi connectivity index (χ2n) is 7.89. The number of amides is 1. The molecule has 7 heteroatoms. The molecular formula is C23H19N5O2. The molecule has 3 aromatic heterocycles. The highest BCUT2D eigenvalue weighted by molar-refractivity contribution is 5.94. The molecule has 0 N–H and O–H groups in total. The molecule has 1 fully saturated rings. The molecule has 0 radical (unpaired) electrons. The lowest BCUT2D eigenvalue weighted by molar-refractivity contribution is 0.0594. The van der Waals surface area contributed by atoms with Gasteiger partial charge < -0.3 is 9.47 Å². The molecule has 7 nitrogen and oxygen atoms in total. The van der Waals surface area contributed by atoms with Gasteiger partial charge in [0.05, 0.1) is 11.3 Å². The lowest BCUT2D eigenvalue weighted by atomic mass is 9.82. The fraction of sp³-hybridized carbons (Fsp3) is 0.261. The van der Waals surface area contributed by atoms with Gasteiger partial charge >= 0.3 is 0 Å². The first-order chi connectivity index (χ1) is 14.6. The number of likely N-dealkylation sites (tertiary alicyclic amines) is 1. The Bertz CT molecular complexity index is 1210. The predicted molar refractivity (Wildman–Crippen MR) is 110 cm³/mol. The molecule has 0 aliphatic carbocycles. The Morgan fingerprint density at radius 2 is 2.00 bits per heavy atom. The summed E-state index contributed by atoms with van der Waals surface area (Å²) in [6, 6.07) is 14.5.